The van der Waals surface area contributed by atoms with Crippen LogP contribution in [0.4, 0.5) is 0 Å². The topological polar surface area (TPSA) is 38.0 Å². The summed E-state index contributed by atoms with van der Waals surface area (Å²) in [6.07, 6.45) is 0. The van der Waals surface area contributed by atoms with Crippen molar-refractivity contribution in [3.05, 3.63) is 127 Å². The van der Waals surface area contributed by atoms with Crippen LogP contribution in [0.5, 0.6) is 5.75 Å². The molecule has 1 aromatic heterocycles. The summed E-state index contributed by atoms with van der Waals surface area (Å²) in [6.45, 7) is 2.09. The third-order valence-electron chi connectivity index (χ3n) is 6.39. The van der Waals surface area contributed by atoms with Crippen LogP contribution in [0.1, 0.15) is 5.56 Å². The second-order valence-corrected chi connectivity index (χ2v) is 8.72. The molecule has 168 valence electrons. The van der Waals surface area contributed by atoms with Crippen LogP contribution >= 0.6 is 0 Å². The van der Waals surface area contributed by atoms with Crippen molar-refractivity contribution in [3.63, 3.8) is 0 Å². The van der Waals surface area contributed by atoms with Crippen molar-refractivity contribution in [2.75, 3.05) is 0 Å². The number of hydrogen-bond acceptors (Lipinski definition) is 2. The summed E-state index contributed by atoms with van der Waals surface area (Å²) in [5.74, 6) is 0.919. The number of phenols is 1. The molecule has 35 heavy (non-hydrogen) atoms. The first-order chi connectivity index (χ1) is 17.2. The van der Waals surface area contributed by atoms with Gasteiger partial charge in [-0.15, -0.1) is 0 Å². The molecule has 1 heterocycles. The average Bonchev–Trinajstić information content (AvgIpc) is 3.30. The summed E-state index contributed by atoms with van der Waals surface area (Å²) >= 11 is 0. The second-order valence-electron chi connectivity index (χ2n) is 8.72. The molecular formula is C32H24N2O. The van der Waals surface area contributed by atoms with Gasteiger partial charge in [-0.25, -0.2) is 4.98 Å². The number of phenolic OH excluding ortho intramolecular Hbond substituents is 1. The van der Waals surface area contributed by atoms with E-state index in [0.29, 0.717) is 5.82 Å². The van der Waals surface area contributed by atoms with Gasteiger partial charge in [-0.05, 0) is 35.9 Å². The van der Waals surface area contributed by atoms with Gasteiger partial charge in [-0.1, -0.05) is 109 Å². The quantitative estimate of drug-likeness (QED) is 0.294. The van der Waals surface area contributed by atoms with Gasteiger partial charge in [0, 0.05) is 16.8 Å². The van der Waals surface area contributed by atoms with Crippen molar-refractivity contribution in [1.82, 2.24) is 9.55 Å². The van der Waals surface area contributed by atoms with Gasteiger partial charge < -0.3 is 5.11 Å². The highest BCUT2D eigenvalue weighted by Gasteiger charge is 2.25. The Labute approximate surface area is 204 Å². The monoisotopic (exact) mass is 452 g/mol. The maximum atomic E-state index is 11.2. The highest BCUT2D eigenvalue weighted by molar-refractivity contribution is 6.00. The van der Waals surface area contributed by atoms with Crippen LogP contribution in [0.3, 0.4) is 0 Å². The third kappa shape index (κ3) is 3.68. The normalized spacial score (nSPS) is 11.1. The Kier molecular flexibility index (Phi) is 5.16. The van der Waals surface area contributed by atoms with E-state index in [1.54, 1.807) is 6.07 Å². The van der Waals surface area contributed by atoms with Gasteiger partial charge in [0.15, 0.2) is 0 Å². The lowest BCUT2D eigenvalue weighted by Crippen LogP contribution is -2.01. The van der Waals surface area contributed by atoms with E-state index < -0.39 is 0 Å². The van der Waals surface area contributed by atoms with E-state index in [1.165, 1.54) is 5.56 Å². The van der Waals surface area contributed by atoms with Crippen molar-refractivity contribution in [2.24, 2.45) is 0 Å². The molecule has 0 radical (unpaired) electrons. The molecule has 0 fully saturated rings. The molecule has 0 aliphatic rings. The second kappa shape index (κ2) is 8.62. The Morgan fingerprint density at radius 2 is 1.26 bits per heavy atom. The number of nitrogens with zero attached hydrogens (tertiary/aromatic N) is 2. The van der Waals surface area contributed by atoms with Crippen LogP contribution < -0.4 is 0 Å². The molecule has 0 bridgehead atoms. The molecule has 0 saturated carbocycles. The smallest absolute Gasteiger partial charge is 0.150 e. The lowest BCUT2D eigenvalue weighted by molar-refractivity contribution is 0.477. The van der Waals surface area contributed by atoms with Crippen molar-refractivity contribution in [2.45, 2.75) is 6.92 Å². The Morgan fingerprint density at radius 1 is 0.629 bits per heavy atom. The fraction of sp³-hybridized carbons (Fsp3) is 0.0312. The zero-order valence-corrected chi connectivity index (χ0v) is 19.4. The van der Waals surface area contributed by atoms with Gasteiger partial charge >= 0.3 is 0 Å². The number of aromatic hydroxyl groups is 1. The number of rotatable bonds is 4. The van der Waals surface area contributed by atoms with E-state index >= 15 is 0 Å². The Bertz CT molecular complexity index is 1630. The molecule has 0 atom stereocenters. The minimum absolute atomic E-state index is 0.210. The molecular weight excluding hydrogens is 428 g/mol. The predicted octanol–water partition coefficient (Wildman–Crippen LogP) is 8.04. The molecule has 0 unspecified atom stereocenters. The van der Waals surface area contributed by atoms with Crippen molar-refractivity contribution >= 4 is 10.8 Å². The Hall–Kier alpha value is -4.63. The number of benzene rings is 5. The molecule has 6 rings (SSSR count). The SMILES string of the molecule is Cc1ccc(-n2c(-c3c(O)ccc4ccccc34)nc(-c3ccccc3)c2-c2ccccc2)cc1. The highest BCUT2D eigenvalue weighted by Crippen LogP contribution is 2.43. The summed E-state index contributed by atoms with van der Waals surface area (Å²) < 4.78 is 2.18. The van der Waals surface area contributed by atoms with E-state index in [-0.39, 0.29) is 5.75 Å². The zero-order valence-electron chi connectivity index (χ0n) is 19.4. The fourth-order valence-corrected chi connectivity index (χ4v) is 4.69. The third-order valence-corrected chi connectivity index (χ3v) is 6.39. The molecule has 6 aromatic rings. The Morgan fingerprint density at radius 3 is 1.97 bits per heavy atom. The standard InChI is InChI=1S/C32H24N2O/c1-22-16-19-26(20-17-22)34-31(25-13-6-3-7-14-25)30(24-11-4-2-5-12-24)33-32(34)29-27-15-9-8-10-23(27)18-21-28(29)35/h2-21,35H,1H3. The van der Waals surface area contributed by atoms with E-state index in [9.17, 15) is 5.11 Å². The molecule has 0 aliphatic heterocycles. The Balaban J connectivity index is 1.78. The average molecular weight is 453 g/mol. The van der Waals surface area contributed by atoms with Crippen LogP contribution in [-0.4, -0.2) is 14.7 Å². The number of aryl methyl sites for hydroxylation is 1. The van der Waals surface area contributed by atoms with Crippen LogP contribution in [0.15, 0.2) is 121 Å². The molecule has 0 saturated heterocycles. The molecule has 5 aromatic carbocycles. The summed E-state index contributed by atoms with van der Waals surface area (Å²) in [6, 6.07) is 40.9. The molecule has 0 amide bonds. The lowest BCUT2D eigenvalue weighted by atomic mass is 10.0. The lowest BCUT2D eigenvalue weighted by Gasteiger charge is -2.15. The number of imidazole rings is 1. The summed E-state index contributed by atoms with van der Waals surface area (Å²) in [5.41, 5.74) is 6.86. The molecule has 0 spiro atoms. The van der Waals surface area contributed by atoms with Crippen molar-refractivity contribution < 1.29 is 5.11 Å². The molecule has 3 heteroatoms. The van der Waals surface area contributed by atoms with Crippen LogP contribution in [0.2, 0.25) is 0 Å². The van der Waals surface area contributed by atoms with Gasteiger partial charge in [-0.3, -0.25) is 4.57 Å². The predicted molar refractivity (Wildman–Crippen MR) is 144 cm³/mol. The minimum Gasteiger partial charge on any atom is -0.507 e. The fourth-order valence-electron chi connectivity index (χ4n) is 4.69. The zero-order chi connectivity index (χ0) is 23.8. The van der Waals surface area contributed by atoms with Crippen molar-refractivity contribution in [3.8, 4) is 45.3 Å². The number of fused-ring (bicyclic) bond motifs is 1. The number of hydrogen-bond donors (Lipinski definition) is 1. The van der Waals surface area contributed by atoms with Gasteiger partial charge in [0.25, 0.3) is 0 Å². The highest BCUT2D eigenvalue weighted by atomic mass is 16.3. The van der Waals surface area contributed by atoms with Gasteiger partial charge in [0.2, 0.25) is 0 Å². The maximum absolute atomic E-state index is 11.2. The van der Waals surface area contributed by atoms with E-state index in [0.717, 1.165) is 44.5 Å². The summed E-state index contributed by atoms with van der Waals surface area (Å²) in [7, 11) is 0. The minimum atomic E-state index is 0.210. The van der Waals surface area contributed by atoms with Gasteiger partial charge in [0.1, 0.15) is 11.6 Å². The van der Waals surface area contributed by atoms with Gasteiger partial charge in [-0.2, -0.15) is 0 Å². The molecule has 3 nitrogen and oxygen atoms in total. The van der Waals surface area contributed by atoms with Crippen LogP contribution in [0, 0.1) is 6.92 Å². The summed E-state index contributed by atoms with van der Waals surface area (Å²) in [4.78, 5) is 5.24. The molecule has 0 aliphatic carbocycles. The van der Waals surface area contributed by atoms with E-state index in [2.05, 4.69) is 66.1 Å². The van der Waals surface area contributed by atoms with Crippen molar-refractivity contribution in [1.29, 1.82) is 0 Å². The van der Waals surface area contributed by atoms with Gasteiger partial charge in [0.05, 0.1) is 17.0 Å². The molecule has 1 N–H and O–H groups in total. The maximum Gasteiger partial charge on any atom is 0.150 e. The summed E-state index contributed by atoms with van der Waals surface area (Å²) in [5, 5.41) is 13.2. The van der Waals surface area contributed by atoms with E-state index in [1.807, 2.05) is 60.7 Å². The number of aromatic nitrogens is 2. The first kappa shape index (κ1) is 20.9. The van der Waals surface area contributed by atoms with E-state index in [4.69, 9.17) is 4.98 Å². The first-order valence-electron chi connectivity index (χ1n) is 11.7. The largest absolute Gasteiger partial charge is 0.507 e. The van der Waals surface area contributed by atoms with Crippen LogP contribution in [0.25, 0.3) is 50.4 Å². The first-order valence-corrected chi connectivity index (χ1v) is 11.7. The van der Waals surface area contributed by atoms with Crippen LogP contribution in [-0.2, 0) is 0 Å².